The van der Waals surface area contributed by atoms with Crippen LogP contribution in [0.25, 0.3) is 11.5 Å². The summed E-state index contributed by atoms with van der Waals surface area (Å²) in [6.45, 7) is 2.23. The summed E-state index contributed by atoms with van der Waals surface area (Å²) in [5.41, 5.74) is 0.367. The summed E-state index contributed by atoms with van der Waals surface area (Å²) in [4.78, 5) is 14.0. The van der Waals surface area contributed by atoms with Gasteiger partial charge in [-0.05, 0) is 30.7 Å². The highest BCUT2D eigenvalue weighted by atomic mass is 35.5. The van der Waals surface area contributed by atoms with Gasteiger partial charge in [-0.1, -0.05) is 30.7 Å². The molecule has 0 spiro atoms. The number of carbonyl (C=O) groups is 1. The maximum Gasteiger partial charge on any atom is 0.257 e. The molecule has 0 bridgehead atoms. The Bertz CT molecular complexity index is 962. The van der Waals surface area contributed by atoms with Crippen molar-refractivity contribution in [1.82, 2.24) is 15.1 Å². The van der Waals surface area contributed by atoms with Gasteiger partial charge >= 0.3 is 0 Å². The fraction of sp³-hybridized carbons (Fsp3) is 0.211. The number of nitrogens with zero attached hydrogens (tertiary/aromatic N) is 3. The first-order chi connectivity index (χ1) is 13.0. The van der Waals surface area contributed by atoms with Crippen molar-refractivity contribution in [2.24, 2.45) is 0 Å². The Morgan fingerprint density at radius 3 is 2.67 bits per heavy atom. The largest absolute Gasteiger partial charge is 0.419 e. The van der Waals surface area contributed by atoms with E-state index in [0.717, 1.165) is 12.1 Å². The van der Waals surface area contributed by atoms with Gasteiger partial charge in [0.15, 0.2) is 0 Å². The van der Waals surface area contributed by atoms with Crippen LogP contribution in [0.1, 0.15) is 29.6 Å². The van der Waals surface area contributed by atoms with Gasteiger partial charge in [-0.25, -0.2) is 8.78 Å². The van der Waals surface area contributed by atoms with Gasteiger partial charge in [-0.2, -0.15) is 0 Å². The van der Waals surface area contributed by atoms with E-state index in [0.29, 0.717) is 29.6 Å². The Hall–Kier alpha value is -2.80. The molecule has 5 nitrogen and oxygen atoms in total. The number of amides is 1. The minimum absolute atomic E-state index is 0.000935. The van der Waals surface area contributed by atoms with Crippen LogP contribution in [0.3, 0.4) is 0 Å². The first-order valence-corrected chi connectivity index (χ1v) is 8.69. The zero-order chi connectivity index (χ0) is 19.4. The molecular formula is C19H16ClF2N3O2. The Kier molecular flexibility index (Phi) is 5.81. The minimum Gasteiger partial charge on any atom is -0.419 e. The number of carbonyl (C=O) groups excluding carboxylic acids is 1. The van der Waals surface area contributed by atoms with Crippen molar-refractivity contribution in [3.8, 4) is 11.5 Å². The monoisotopic (exact) mass is 391 g/mol. The molecule has 0 N–H and O–H groups in total. The topological polar surface area (TPSA) is 59.2 Å². The zero-order valence-corrected chi connectivity index (χ0v) is 15.2. The highest BCUT2D eigenvalue weighted by Crippen LogP contribution is 2.26. The van der Waals surface area contributed by atoms with Crippen LogP contribution < -0.4 is 0 Å². The summed E-state index contributed by atoms with van der Waals surface area (Å²) >= 11 is 6.12. The van der Waals surface area contributed by atoms with E-state index in [1.54, 1.807) is 24.3 Å². The van der Waals surface area contributed by atoms with Crippen molar-refractivity contribution in [3.05, 3.63) is 70.6 Å². The van der Waals surface area contributed by atoms with Crippen LogP contribution in [0.15, 0.2) is 46.9 Å². The second-order valence-electron chi connectivity index (χ2n) is 5.83. The number of benzene rings is 2. The molecule has 140 valence electrons. The van der Waals surface area contributed by atoms with Crippen molar-refractivity contribution < 1.29 is 18.0 Å². The van der Waals surface area contributed by atoms with E-state index in [4.69, 9.17) is 16.0 Å². The Balaban J connectivity index is 1.83. The van der Waals surface area contributed by atoms with Gasteiger partial charge in [0.1, 0.15) is 11.6 Å². The smallest absolute Gasteiger partial charge is 0.257 e. The summed E-state index contributed by atoms with van der Waals surface area (Å²) in [6, 6.07) is 9.85. The third-order valence-electron chi connectivity index (χ3n) is 3.84. The van der Waals surface area contributed by atoms with Gasteiger partial charge < -0.3 is 9.32 Å². The van der Waals surface area contributed by atoms with Crippen LogP contribution >= 0.6 is 11.6 Å². The molecule has 3 rings (SSSR count). The van der Waals surface area contributed by atoms with Gasteiger partial charge in [0.2, 0.25) is 11.8 Å². The van der Waals surface area contributed by atoms with E-state index in [2.05, 4.69) is 10.2 Å². The van der Waals surface area contributed by atoms with Gasteiger partial charge in [0, 0.05) is 12.6 Å². The van der Waals surface area contributed by atoms with Crippen LogP contribution in [-0.4, -0.2) is 27.5 Å². The third kappa shape index (κ3) is 4.31. The maximum atomic E-state index is 14.0. The summed E-state index contributed by atoms with van der Waals surface area (Å²) in [5, 5.41) is 8.37. The molecule has 0 radical (unpaired) electrons. The number of aromatic nitrogens is 2. The van der Waals surface area contributed by atoms with E-state index < -0.39 is 17.5 Å². The molecule has 0 saturated carbocycles. The molecule has 1 aromatic heterocycles. The average molecular weight is 392 g/mol. The first kappa shape index (κ1) is 19.0. The van der Waals surface area contributed by atoms with Crippen molar-refractivity contribution in [2.45, 2.75) is 19.9 Å². The van der Waals surface area contributed by atoms with E-state index in [-0.39, 0.29) is 23.9 Å². The van der Waals surface area contributed by atoms with Crippen LogP contribution in [0.4, 0.5) is 8.78 Å². The summed E-state index contributed by atoms with van der Waals surface area (Å²) in [5.74, 6) is -1.82. The lowest BCUT2D eigenvalue weighted by molar-refractivity contribution is 0.0723. The summed E-state index contributed by atoms with van der Waals surface area (Å²) < 4.78 is 32.7. The molecule has 27 heavy (non-hydrogen) atoms. The van der Waals surface area contributed by atoms with Crippen molar-refractivity contribution in [3.63, 3.8) is 0 Å². The maximum absolute atomic E-state index is 14.0. The first-order valence-electron chi connectivity index (χ1n) is 8.31. The fourth-order valence-corrected chi connectivity index (χ4v) is 2.80. The number of hydrogen-bond acceptors (Lipinski definition) is 4. The Labute approximate surface area is 159 Å². The molecule has 8 heteroatoms. The molecule has 0 fully saturated rings. The highest BCUT2D eigenvalue weighted by Gasteiger charge is 2.22. The lowest BCUT2D eigenvalue weighted by Gasteiger charge is -2.20. The number of rotatable bonds is 6. The number of halogens is 3. The second kappa shape index (κ2) is 8.26. The fourth-order valence-electron chi connectivity index (χ4n) is 2.58. The summed E-state index contributed by atoms with van der Waals surface area (Å²) in [6.07, 6.45) is 0.639. The lowest BCUT2D eigenvalue weighted by atomic mass is 10.1. The minimum atomic E-state index is -0.914. The molecule has 2 aromatic carbocycles. The Morgan fingerprint density at radius 1 is 1.19 bits per heavy atom. The van der Waals surface area contributed by atoms with Crippen LogP contribution in [0.2, 0.25) is 5.02 Å². The van der Waals surface area contributed by atoms with Gasteiger partial charge in [0.05, 0.1) is 22.7 Å². The molecule has 0 atom stereocenters. The van der Waals surface area contributed by atoms with Crippen LogP contribution in [-0.2, 0) is 6.54 Å². The predicted octanol–water partition coefficient (Wildman–Crippen LogP) is 4.72. The molecule has 0 aliphatic rings. The van der Waals surface area contributed by atoms with Gasteiger partial charge in [-0.15, -0.1) is 10.2 Å². The number of hydrogen-bond donors (Lipinski definition) is 0. The van der Waals surface area contributed by atoms with Crippen molar-refractivity contribution in [2.75, 3.05) is 6.54 Å². The molecule has 1 amide bonds. The SMILES string of the molecule is CCCN(Cc1nnc(-c2ccccc2Cl)o1)C(=O)c1ccc(F)cc1F. The molecule has 0 aliphatic carbocycles. The molecule has 0 unspecified atom stereocenters. The van der Waals surface area contributed by atoms with E-state index >= 15 is 0 Å². The van der Waals surface area contributed by atoms with Gasteiger partial charge in [0.25, 0.3) is 5.91 Å². The van der Waals surface area contributed by atoms with Crippen LogP contribution in [0, 0.1) is 11.6 Å². The van der Waals surface area contributed by atoms with Crippen LogP contribution in [0.5, 0.6) is 0 Å². The second-order valence-corrected chi connectivity index (χ2v) is 6.24. The van der Waals surface area contributed by atoms with Crippen molar-refractivity contribution in [1.29, 1.82) is 0 Å². The average Bonchev–Trinajstić information content (AvgIpc) is 3.09. The summed E-state index contributed by atoms with van der Waals surface area (Å²) in [7, 11) is 0. The van der Waals surface area contributed by atoms with Gasteiger partial charge in [-0.3, -0.25) is 4.79 Å². The van der Waals surface area contributed by atoms with E-state index in [9.17, 15) is 13.6 Å². The third-order valence-corrected chi connectivity index (χ3v) is 4.17. The quantitative estimate of drug-likeness (QED) is 0.610. The molecular weight excluding hydrogens is 376 g/mol. The molecule has 0 aliphatic heterocycles. The Morgan fingerprint density at radius 2 is 1.96 bits per heavy atom. The zero-order valence-electron chi connectivity index (χ0n) is 14.5. The lowest BCUT2D eigenvalue weighted by Crippen LogP contribution is -2.32. The standard InChI is InChI=1S/C19H16ClF2N3O2/c1-2-9-25(19(26)14-8-7-12(21)10-16(14)22)11-17-23-24-18(27-17)13-5-3-4-6-15(13)20/h3-8,10H,2,9,11H2,1H3. The van der Waals surface area contributed by atoms with E-state index in [1.165, 1.54) is 4.90 Å². The predicted molar refractivity (Wildman–Crippen MR) is 96.1 cm³/mol. The molecule has 3 aromatic rings. The molecule has 1 heterocycles. The van der Waals surface area contributed by atoms with E-state index in [1.807, 2.05) is 6.92 Å². The van der Waals surface area contributed by atoms with Crippen molar-refractivity contribution >= 4 is 17.5 Å². The normalized spacial score (nSPS) is 10.8. The highest BCUT2D eigenvalue weighted by molar-refractivity contribution is 6.33. The molecule has 0 saturated heterocycles.